The standard InChI is InChI=1S/C19H24N2O2/c1-4-9-18(15(2)17-10-6-5-7-11-17)21(14-20)23-19-12-8-13-22-16(19)3/h5-8,10-13,15-16,18H,4,9H2,1-3H3/t15-,16?,18?/m0/s1. The summed E-state index contributed by atoms with van der Waals surface area (Å²) in [6, 6.07) is 10.2. The Morgan fingerprint density at radius 3 is 2.70 bits per heavy atom. The highest BCUT2D eigenvalue weighted by atomic mass is 16.7. The lowest BCUT2D eigenvalue weighted by atomic mass is 9.90. The summed E-state index contributed by atoms with van der Waals surface area (Å²) < 4.78 is 5.41. The highest BCUT2D eigenvalue weighted by Crippen LogP contribution is 2.28. The van der Waals surface area contributed by atoms with Gasteiger partial charge in [-0.2, -0.15) is 5.26 Å². The molecule has 1 aromatic carbocycles. The quantitative estimate of drug-likeness (QED) is 0.423. The third kappa shape index (κ3) is 4.29. The molecule has 1 aliphatic heterocycles. The van der Waals surface area contributed by atoms with Gasteiger partial charge >= 0.3 is 0 Å². The Balaban J connectivity index is 2.18. The Morgan fingerprint density at radius 1 is 1.35 bits per heavy atom. The molecule has 0 aliphatic carbocycles. The number of benzene rings is 1. The average Bonchev–Trinajstić information content (AvgIpc) is 2.59. The van der Waals surface area contributed by atoms with E-state index >= 15 is 0 Å². The number of nitriles is 1. The molecule has 4 heteroatoms. The number of rotatable bonds is 7. The highest BCUT2D eigenvalue weighted by Gasteiger charge is 2.28. The highest BCUT2D eigenvalue weighted by molar-refractivity contribution is 5.21. The molecule has 0 aromatic heterocycles. The third-order valence-electron chi connectivity index (χ3n) is 4.11. The van der Waals surface area contributed by atoms with E-state index in [0.29, 0.717) is 5.76 Å². The minimum Gasteiger partial charge on any atom is -0.490 e. The molecule has 2 unspecified atom stereocenters. The molecule has 0 saturated heterocycles. The minimum atomic E-state index is -0.190. The van der Waals surface area contributed by atoms with Gasteiger partial charge in [-0.05, 0) is 31.1 Å². The van der Waals surface area contributed by atoms with E-state index in [1.165, 1.54) is 10.6 Å². The first kappa shape index (κ1) is 17.0. The summed E-state index contributed by atoms with van der Waals surface area (Å²) in [6.07, 6.45) is 9.11. The van der Waals surface area contributed by atoms with E-state index in [-0.39, 0.29) is 18.1 Å². The topological polar surface area (TPSA) is 45.5 Å². The van der Waals surface area contributed by atoms with Crippen LogP contribution in [0, 0.1) is 11.5 Å². The zero-order valence-electron chi connectivity index (χ0n) is 14.0. The van der Waals surface area contributed by atoms with Crippen molar-refractivity contribution < 1.29 is 9.57 Å². The summed E-state index contributed by atoms with van der Waals surface area (Å²) in [4.78, 5) is 5.87. The van der Waals surface area contributed by atoms with E-state index in [0.717, 1.165) is 12.8 Å². The normalized spacial score (nSPS) is 19.0. The van der Waals surface area contributed by atoms with Gasteiger partial charge in [0.15, 0.2) is 11.9 Å². The molecule has 4 nitrogen and oxygen atoms in total. The van der Waals surface area contributed by atoms with Crippen molar-refractivity contribution in [3.8, 4) is 6.19 Å². The zero-order valence-corrected chi connectivity index (χ0v) is 14.0. The summed E-state index contributed by atoms with van der Waals surface area (Å²) in [5.41, 5.74) is 1.21. The smallest absolute Gasteiger partial charge is 0.215 e. The lowest BCUT2D eigenvalue weighted by Crippen LogP contribution is -2.36. The second-order valence-corrected chi connectivity index (χ2v) is 5.75. The Hall–Kier alpha value is -2.41. The Morgan fingerprint density at radius 2 is 2.09 bits per heavy atom. The maximum Gasteiger partial charge on any atom is 0.215 e. The summed E-state index contributed by atoms with van der Waals surface area (Å²) in [5.74, 6) is 0.835. The van der Waals surface area contributed by atoms with Gasteiger partial charge in [0.2, 0.25) is 6.19 Å². The molecule has 1 heterocycles. The van der Waals surface area contributed by atoms with Crippen LogP contribution >= 0.6 is 0 Å². The van der Waals surface area contributed by atoms with Crippen LogP contribution in [0.2, 0.25) is 0 Å². The molecule has 0 bridgehead atoms. The molecule has 0 fully saturated rings. The van der Waals surface area contributed by atoms with Crippen LogP contribution < -0.4 is 0 Å². The molecule has 1 aromatic rings. The van der Waals surface area contributed by atoms with Crippen LogP contribution in [-0.2, 0) is 9.57 Å². The van der Waals surface area contributed by atoms with Gasteiger partial charge in [0.1, 0.15) is 0 Å². The number of hydrogen-bond donors (Lipinski definition) is 0. The first-order valence-electron chi connectivity index (χ1n) is 8.11. The Kier molecular flexibility index (Phi) is 6.10. The predicted octanol–water partition coefficient (Wildman–Crippen LogP) is 4.49. The fourth-order valence-electron chi connectivity index (χ4n) is 2.73. The van der Waals surface area contributed by atoms with Crippen LogP contribution in [0.15, 0.2) is 54.5 Å². The SMILES string of the molecule is CCCC([C@@H](C)c1ccccc1)N(C#N)OC1=CC=COC1C. The van der Waals surface area contributed by atoms with Gasteiger partial charge in [-0.15, -0.1) is 5.06 Å². The van der Waals surface area contributed by atoms with E-state index in [4.69, 9.17) is 9.57 Å². The molecular weight excluding hydrogens is 288 g/mol. The van der Waals surface area contributed by atoms with Crippen molar-refractivity contribution in [2.24, 2.45) is 0 Å². The first-order chi connectivity index (χ1) is 11.2. The van der Waals surface area contributed by atoms with Crippen molar-refractivity contribution in [3.05, 3.63) is 60.1 Å². The number of nitrogens with zero attached hydrogens (tertiary/aromatic N) is 2. The monoisotopic (exact) mass is 312 g/mol. The zero-order chi connectivity index (χ0) is 16.7. The van der Waals surface area contributed by atoms with E-state index < -0.39 is 0 Å². The van der Waals surface area contributed by atoms with Crippen LogP contribution in [0.1, 0.15) is 45.1 Å². The molecule has 0 radical (unpaired) electrons. The number of hydrogen-bond acceptors (Lipinski definition) is 4. The molecule has 122 valence electrons. The van der Waals surface area contributed by atoms with Crippen molar-refractivity contribution in [1.29, 1.82) is 5.26 Å². The lowest BCUT2D eigenvalue weighted by Gasteiger charge is -2.32. The Bertz CT molecular complexity index is 589. The number of hydroxylamine groups is 2. The average molecular weight is 312 g/mol. The number of ether oxygens (including phenoxy) is 1. The third-order valence-corrected chi connectivity index (χ3v) is 4.11. The second kappa shape index (κ2) is 8.28. The summed E-state index contributed by atoms with van der Waals surface area (Å²) in [7, 11) is 0. The van der Waals surface area contributed by atoms with Crippen molar-refractivity contribution in [1.82, 2.24) is 5.06 Å². The molecule has 0 spiro atoms. The fraction of sp³-hybridized carbons (Fsp3) is 0.421. The first-order valence-corrected chi connectivity index (χ1v) is 8.11. The summed E-state index contributed by atoms with van der Waals surface area (Å²) in [5, 5.41) is 11.0. The molecular formula is C19H24N2O2. The van der Waals surface area contributed by atoms with Crippen LogP contribution in [0.25, 0.3) is 0 Å². The Labute approximate surface area is 138 Å². The molecule has 1 aliphatic rings. The van der Waals surface area contributed by atoms with E-state index in [1.807, 2.05) is 31.2 Å². The van der Waals surface area contributed by atoms with Crippen LogP contribution in [0.4, 0.5) is 0 Å². The molecule has 0 saturated carbocycles. The van der Waals surface area contributed by atoms with E-state index in [2.05, 4.69) is 32.2 Å². The van der Waals surface area contributed by atoms with Crippen molar-refractivity contribution >= 4 is 0 Å². The number of allylic oxidation sites excluding steroid dienone is 2. The summed E-state index contributed by atoms with van der Waals surface area (Å²) in [6.45, 7) is 6.16. The van der Waals surface area contributed by atoms with Crippen molar-refractivity contribution in [3.63, 3.8) is 0 Å². The molecule has 0 amide bonds. The lowest BCUT2D eigenvalue weighted by molar-refractivity contribution is -0.125. The maximum atomic E-state index is 9.60. The van der Waals surface area contributed by atoms with Gasteiger partial charge < -0.3 is 9.57 Å². The van der Waals surface area contributed by atoms with Crippen LogP contribution in [0.5, 0.6) is 0 Å². The molecule has 0 N–H and O–H groups in total. The molecule has 3 atom stereocenters. The second-order valence-electron chi connectivity index (χ2n) is 5.75. The largest absolute Gasteiger partial charge is 0.490 e. The predicted molar refractivity (Wildman–Crippen MR) is 89.9 cm³/mol. The van der Waals surface area contributed by atoms with Gasteiger partial charge in [-0.1, -0.05) is 50.6 Å². The van der Waals surface area contributed by atoms with E-state index in [1.54, 1.807) is 12.3 Å². The van der Waals surface area contributed by atoms with Gasteiger partial charge in [-0.3, -0.25) is 0 Å². The maximum absolute atomic E-state index is 9.60. The van der Waals surface area contributed by atoms with Gasteiger partial charge in [0, 0.05) is 5.92 Å². The minimum absolute atomic E-state index is 0.0218. The van der Waals surface area contributed by atoms with Gasteiger partial charge in [-0.25, -0.2) is 0 Å². The van der Waals surface area contributed by atoms with Crippen molar-refractivity contribution in [2.45, 2.75) is 51.7 Å². The van der Waals surface area contributed by atoms with Crippen molar-refractivity contribution in [2.75, 3.05) is 0 Å². The van der Waals surface area contributed by atoms with Gasteiger partial charge in [0.05, 0.1) is 12.3 Å². The van der Waals surface area contributed by atoms with Crippen LogP contribution in [-0.4, -0.2) is 17.2 Å². The van der Waals surface area contributed by atoms with E-state index in [9.17, 15) is 5.26 Å². The molecule has 23 heavy (non-hydrogen) atoms. The summed E-state index contributed by atoms with van der Waals surface area (Å²) >= 11 is 0. The van der Waals surface area contributed by atoms with Crippen LogP contribution in [0.3, 0.4) is 0 Å². The molecule has 2 rings (SSSR count). The van der Waals surface area contributed by atoms with Gasteiger partial charge in [0.25, 0.3) is 0 Å². The fourth-order valence-corrected chi connectivity index (χ4v) is 2.73.